The summed E-state index contributed by atoms with van der Waals surface area (Å²) in [5, 5.41) is 3.30. The largest absolute Gasteiger partial charge is 0.497 e. The molecule has 0 spiro atoms. The number of methoxy groups -OCH3 is 1. The van der Waals surface area contributed by atoms with Crippen molar-refractivity contribution in [3.05, 3.63) is 95.6 Å². The molecule has 1 atom stereocenters. The number of hydrogen-bond acceptors (Lipinski definition) is 4. The SMILES string of the molecule is COc1ccc(OCCCC(=O)N(Cc2cccc(C)c2)C(Cc2ccccc2)C(=O)NC2CCCCC2)cc1. The number of ether oxygens (including phenoxy) is 2. The van der Waals surface area contributed by atoms with Crippen molar-refractivity contribution in [1.29, 1.82) is 0 Å². The van der Waals surface area contributed by atoms with Gasteiger partial charge in [0.05, 0.1) is 13.7 Å². The second-order valence-electron chi connectivity index (χ2n) is 10.7. The summed E-state index contributed by atoms with van der Waals surface area (Å²) < 4.78 is 11.1. The van der Waals surface area contributed by atoms with Crippen molar-refractivity contribution in [2.45, 2.75) is 76.9 Å². The molecule has 40 heavy (non-hydrogen) atoms. The van der Waals surface area contributed by atoms with Crippen LogP contribution in [0.3, 0.4) is 0 Å². The topological polar surface area (TPSA) is 67.9 Å². The molecule has 6 nitrogen and oxygen atoms in total. The number of amides is 2. The first-order chi connectivity index (χ1) is 19.5. The molecule has 1 aliphatic rings. The van der Waals surface area contributed by atoms with Crippen molar-refractivity contribution >= 4 is 11.8 Å². The molecule has 0 heterocycles. The average Bonchev–Trinajstić information content (AvgIpc) is 2.98. The molecular weight excluding hydrogens is 500 g/mol. The van der Waals surface area contributed by atoms with Gasteiger partial charge in [0.1, 0.15) is 17.5 Å². The highest BCUT2D eigenvalue weighted by Crippen LogP contribution is 2.21. The quantitative estimate of drug-likeness (QED) is 0.259. The molecular formula is C34H42N2O4. The fourth-order valence-electron chi connectivity index (χ4n) is 5.33. The van der Waals surface area contributed by atoms with Gasteiger partial charge in [-0.15, -0.1) is 0 Å². The Kier molecular flexibility index (Phi) is 11.0. The molecule has 0 aromatic heterocycles. The van der Waals surface area contributed by atoms with Crippen LogP contribution in [0, 0.1) is 6.92 Å². The summed E-state index contributed by atoms with van der Waals surface area (Å²) in [5.41, 5.74) is 3.19. The molecule has 2 amide bonds. The Labute approximate surface area is 238 Å². The van der Waals surface area contributed by atoms with Gasteiger partial charge in [-0.1, -0.05) is 79.4 Å². The highest BCUT2D eigenvalue weighted by molar-refractivity contribution is 5.88. The molecule has 1 fully saturated rings. The highest BCUT2D eigenvalue weighted by atomic mass is 16.5. The normalized spacial score (nSPS) is 14.2. The van der Waals surface area contributed by atoms with Crippen LogP contribution in [0.4, 0.5) is 0 Å². The van der Waals surface area contributed by atoms with Crippen molar-refractivity contribution in [3.8, 4) is 11.5 Å². The lowest BCUT2D eigenvalue weighted by Crippen LogP contribution is -2.52. The number of rotatable bonds is 13. The van der Waals surface area contributed by atoms with Gasteiger partial charge in [0.15, 0.2) is 0 Å². The third kappa shape index (κ3) is 8.87. The summed E-state index contributed by atoms with van der Waals surface area (Å²) in [4.78, 5) is 29.5. The van der Waals surface area contributed by atoms with Gasteiger partial charge in [0, 0.05) is 25.4 Å². The standard InChI is InChI=1S/C34H42N2O4/c1-26-11-9-14-28(23-26)25-36(33(37)17-10-22-40-31-20-18-30(39-2)19-21-31)32(24-27-12-5-3-6-13-27)34(38)35-29-15-7-4-8-16-29/h3,5-6,9,11-14,18-21,23,29,32H,4,7-8,10,15-17,22,24-25H2,1-2H3,(H,35,38). The summed E-state index contributed by atoms with van der Waals surface area (Å²) in [7, 11) is 1.63. The van der Waals surface area contributed by atoms with Gasteiger partial charge in [0.2, 0.25) is 11.8 Å². The molecule has 1 unspecified atom stereocenters. The molecule has 4 rings (SSSR count). The summed E-state index contributed by atoms with van der Waals surface area (Å²) in [6.07, 6.45) is 6.80. The van der Waals surface area contributed by atoms with E-state index < -0.39 is 6.04 Å². The highest BCUT2D eigenvalue weighted by Gasteiger charge is 2.31. The number of aryl methyl sites for hydroxylation is 1. The van der Waals surface area contributed by atoms with Gasteiger partial charge in [-0.05, 0) is 61.6 Å². The summed E-state index contributed by atoms with van der Waals surface area (Å²) in [6, 6.07) is 25.1. The van der Waals surface area contributed by atoms with Crippen LogP contribution in [-0.4, -0.2) is 42.5 Å². The predicted octanol–water partition coefficient (Wildman–Crippen LogP) is 6.25. The van der Waals surface area contributed by atoms with Crippen LogP contribution in [0.15, 0.2) is 78.9 Å². The number of nitrogens with zero attached hydrogens (tertiary/aromatic N) is 1. The van der Waals surface area contributed by atoms with Gasteiger partial charge in [-0.2, -0.15) is 0 Å². The van der Waals surface area contributed by atoms with Crippen molar-refractivity contribution in [2.24, 2.45) is 0 Å². The van der Waals surface area contributed by atoms with Gasteiger partial charge in [-0.25, -0.2) is 0 Å². The Hall–Kier alpha value is -3.80. The van der Waals surface area contributed by atoms with E-state index in [0.717, 1.165) is 53.9 Å². The Bertz CT molecular complexity index is 1210. The van der Waals surface area contributed by atoms with Crippen LogP contribution in [0.5, 0.6) is 11.5 Å². The Balaban J connectivity index is 1.50. The first-order valence-corrected chi connectivity index (χ1v) is 14.5. The zero-order chi connectivity index (χ0) is 28.2. The molecule has 0 radical (unpaired) electrons. The fourth-order valence-corrected chi connectivity index (χ4v) is 5.33. The van der Waals surface area contributed by atoms with Crippen molar-refractivity contribution in [3.63, 3.8) is 0 Å². The van der Waals surface area contributed by atoms with Crippen molar-refractivity contribution in [1.82, 2.24) is 10.2 Å². The lowest BCUT2D eigenvalue weighted by atomic mass is 9.94. The molecule has 212 valence electrons. The Morgan fingerprint density at radius 1 is 0.900 bits per heavy atom. The minimum absolute atomic E-state index is 0.0421. The van der Waals surface area contributed by atoms with Crippen LogP contribution >= 0.6 is 0 Å². The lowest BCUT2D eigenvalue weighted by Gasteiger charge is -2.33. The van der Waals surface area contributed by atoms with Gasteiger partial charge < -0.3 is 19.7 Å². The second kappa shape index (κ2) is 15.1. The van der Waals surface area contributed by atoms with E-state index in [-0.39, 0.29) is 17.9 Å². The van der Waals surface area contributed by atoms with E-state index in [1.165, 1.54) is 6.42 Å². The smallest absolute Gasteiger partial charge is 0.243 e. The molecule has 3 aromatic rings. The van der Waals surface area contributed by atoms with E-state index >= 15 is 0 Å². The number of carbonyl (C=O) groups excluding carboxylic acids is 2. The maximum absolute atomic E-state index is 13.8. The van der Waals surface area contributed by atoms with Gasteiger partial charge >= 0.3 is 0 Å². The van der Waals surface area contributed by atoms with Crippen LogP contribution in [0.1, 0.15) is 61.6 Å². The number of carbonyl (C=O) groups is 2. The minimum atomic E-state index is -0.597. The van der Waals surface area contributed by atoms with E-state index in [0.29, 0.717) is 32.4 Å². The molecule has 6 heteroatoms. The molecule has 0 saturated heterocycles. The van der Waals surface area contributed by atoms with Crippen LogP contribution < -0.4 is 14.8 Å². The molecule has 0 bridgehead atoms. The van der Waals surface area contributed by atoms with E-state index in [9.17, 15) is 9.59 Å². The van der Waals surface area contributed by atoms with Crippen LogP contribution in [0.2, 0.25) is 0 Å². The molecule has 0 aliphatic heterocycles. The third-order valence-corrected chi connectivity index (χ3v) is 7.52. The maximum atomic E-state index is 13.8. The van der Waals surface area contributed by atoms with E-state index in [1.807, 2.05) is 79.7 Å². The minimum Gasteiger partial charge on any atom is -0.497 e. The monoisotopic (exact) mass is 542 g/mol. The second-order valence-corrected chi connectivity index (χ2v) is 10.7. The van der Waals surface area contributed by atoms with Crippen LogP contribution in [0.25, 0.3) is 0 Å². The fraction of sp³-hybridized carbons (Fsp3) is 0.412. The van der Waals surface area contributed by atoms with E-state index in [2.05, 4.69) is 11.4 Å². The molecule has 3 aromatic carbocycles. The molecule has 1 saturated carbocycles. The zero-order valence-corrected chi connectivity index (χ0v) is 23.8. The lowest BCUT2D eigenvalue weighted by molar-refractivity contribution is -0.141. The maximum Gasteiger partial charge on any atom is 0.243 e. The zero-order valence-electron chi connectivity index (χ0n) is 23.8. The summed E-state index contributed by atoms with van der Waals surface area (Å²) in [6.45, 7) is 2.84. The van der Waals surface area contributed by atoms with Gasteiger partial charge in [0.25, 0.3) is 0 Å². The number of hydrogen-bond donors (Lipinski definition) is 1. The summed E-state index contributed by atoms with van der Waals surface area (Å²) in [5.74, 6) is 1.40. The Morgan fingerprint density at radius 3 is 2.30 bits per heavy atom. The van der Waals surface area contributed by atoms with Crippen molar-refractivity contribution < 1.29 is 19.1 Å². The first-order valence-electron chi connectivity index (χ1n) is 14.5. The Morgan fingerprint density at radius 2 is 1.60 bits per heavy atom. The van der Waals surface area contributed by atoms with Gasteiger partial charge in [-0.3, -0.25) is 9.59 Å². The average molecular weight is 543 g/mol. The molecule has 1 aliphatic carbocycles. The first kappa shape index (κ1) is 29.2. The van der Waals surface area contributed by atoms with E-state index in [1.54, 1.807) is 12.0 Å². The van der Waals surface area contributed by atoms with Crippen molar-refractivity contribution in [2.75, 3.05) is 13.7 Å². The number of benzene rings is 3. The van der Waals surface area contributed by atoms with Crippen LogP contribution in [-0.2, 0) is 22.6 Å². The summed E-state index contributed by atoms with van der Waals surface area (Å²) >= 11 is 0. The number of nitrogens with one attached hydrogen (secondary N) is 1. The predicted molar refractivity (Wildman–Crippen MR) is 158 cm³/mol. The third-order valence-electron chi connectivity index (χ3n) is 7.52. The van der Waals surface area contributed by atoms with E-state index in [4.69, 9.17) is 9.47 Å². The molecule has 1 N–H and O–H groups in total.